The smallest absolute Gasteiger partial charge is 0.135 e. The van der Waals surface area contributed by atoms with Gasteiger partial charge in [-0.2, -0.15) is 0 Å². The van der Waals surface area contributed by atoms with Crippen LogP contribution in [0.15, 0.2) is 174 Å². The Balaban J connectivity index is 1.18. The maximum Gasteiger partial charge on any atom is 0.135 e. The van der Waals surface area contributed by atoms with E-state index in [1.165, 1.54) is 65.5 Å². The fourth-order valence-electron chi connectivity index (χ4n) is 8.06. The topological polar surface area (TPSA) is 23.0 Å². The largest absolute Gasteiger partial charge is 0.456 e. The first-order valence-electron chi connectivity index (χ1n) is 16.8. The molecular weight excluding hydrogens is 597 g/mol. The Kier molecular flexibility index (Phi) is 5.38. The molecule has 0 aliphatic rings. The summed E-state index contributed by atoms with van der Waals surface area (Å²) in [5.41, 5.74) is 11.3. The molecule has 11 aromatic rings. The van der Waals surface area contributed by atoms with Crippen LogP contribution in [0.1, 0.15) is 0 Å². The zero-order valence-electron chi connectivity index (χ0n) is 26.5. The van der Waals surface area contributed by atoms with Crippen molar-refractivity contribution in [3.8, 4) is 22.5 Å². The van der Waals surface area contributed by atoms with E-state index in [-0.39, 0.29) is 0 Å². The lowest BCUT2D eigenvalue weighted by Crippen LogP contribution is -1.99. The average Bonchev–Trinajstić information content (AvgIpc) is 3.82. The lowest BCUT2D eigenvalue weighted by atomic mass is 10.0. The van der Waals surface area contributed by atoms with Crippen LogP contribution in [0.4, 0.5) is 0 Å². The predicted molar refractivity (Wildman–Crippen MR) is 205 cm³/mol. The van der Waals surface area contributed by atoms with Gasteiger partial charge in [-0.1, -0.05) is 115 Å². The summed E-state index contributed by atoms with van der Waals surface area (Å²) in [7, 11) is 0. The third-order valence-corrected chi connectivity index (χ3v) is 10.3. The van der Waals surface area contributed by atoms with Gasteiger partial charge in [0.25, 0.3) is 0 Å². The molecule has 49 heavy (non-hydrogen) atoms. The van der Waals surface area contributed by atoms with E-state index in [1.807, 2.05) is 12.1 Å². The highest BCUT2D eigenvalue weighted by Crippen LogP contribution is 2.42. The second kappa shape index (κ2) is 9.96. The zero-order chi connectivity index (χ0) is 32.1. The molecule has 3 heteroatoms. The predicted octanol–water partition coefficient (Wildman–Crippen LogP) is 12.6. The van der Waals surface area contributed by atoms with Crippen LogP contribution in [-0.4, -0.2) is 9.13 Å². The van der Waals surface area contributed by atoms with Crippen LogP contribution in [0.25, 0.3) is 98.8 Å². The number of furan rings is 1. The van der Waals surface area contributed by atoms with Crippen LogP contribution in [-0.2, 0) is 0 Å². The van der Waals surface area contributed by atoms with Crippen molar-refractivity contribution in [2.24, 2.45) is 0 Å². The first-order chi connectivity index (χ1) is 24.3. The summed E-state index contributed by atoms with van der Waals surface area (Å²) in [4.78, 5) is 0. The minimum atomic E-state index is 0.915. The Morgan fingerprint density at radius 2 is 0.878 bits per heavy atom. The third-order valence-electron chi connectivity index (χ3n) is 10.3. The molecule has 3 heterocycles. The highest BCUT2D eigenvalue weighted by molar-refractivity contribution is 6.24. The standard InChI is InChI=1S/C46H28N2O/c1-2-10-31-27-34(23-19-29(31)9-1)48-42-15-7-4-12-36(42)39-25-24-38-35-11-3-6-14-41(35)47(45(38)46(39)48)33-21-17-30(18-22-33)32-20-26-44-40(28-32)37-13-5-8-16-43(37)49-44/h1-28H. The maximum absolute atomic E-state index is 6.11. The molecule has 0 spiro atoms. The van der Waals surface area contributed by atoms with E-state index < -0.39 is 0 Å². The Hall–Kier alpha value is -6.58. The first-order valence-corrected chi connectivity index (χ1v) is 16.8. The second-order valence-electron chi connectivity index (χ2n) is 13.0. The lowest BCUT2D eigenvalue weighted by Gasteiger charge is -2.13. The highest BCUT2D eigenvalue weighted by Gasteiger charge is 2.21. The van der Waals surface area contributed by atoms with Gasteiger partial charge in [0.2, 0.25) is 0 Å². The number of rotatable bonds is 3. The summed E-state index contributed by atoms with van der Waals surface area (Å²) in [5.74, 6) is 0. The highest BCUT2D eigenvalue weighted by atomic mass is 16.3. The van der Waals surface area contributed by atoms with Gasteiger partial charge < -0.3 is 13.6 Å². The minimum Gasteiger partial charge on any atom is -0.456 e. The number of fused-ring (bicyclic) bond motifs is 11. The van der Waals surface area contributed by atoms with Crippen molar-refractivity contribution in [2.45, 2.75) is 0 Å². The van der Waals surface area contributed by atoms with Crippen LogP contribution < -0.4 is 0 Å². The van der Waals surface area contributed by atoms with Gasteiger partial charge >= 0.3 is 0 Å². The van der Waals surface area contributed by atoms with E-state index in [0.29, 0.717) is 0 Å². The fourth-order valence-corrected chi connectivity index (χ4v) is 8.06. The number of benzene rings is 8. The van der Waals surface area contributed by atoms with Crippen molar-refractivity contribution < 1.29 is 4.42 Å². The summed E-state index contributed by atoms with van der Waals surface area (Å²) < 4.78 is 11.0. The summed E-state index contributed by atoms with van der Waals surface area (Å²) >= 11 is 0. The van der Waals surface area contributed by atoms with Gasteiger partial charge in [0.1, 0.15) is 11.2 Å². The molecule has 0 atom stereocenters. The SMILES string of the molecule is c1ccc2cc(-n3c4ccccc4c4ccc5c6ccccc6n(-c6ccc(-c7ccc8oc9ccccc9c8c7)cc6)c5c43)ccc2c1. The van der Waals surface area contributed by atoms with E-state index in [0.717, 1.165) is 33.3 Å². The molecule has 0 saturated heterocycles. The van der Waals surface area contributed by atoms with Gasteiger partial charge in [0.05, 0.1) is 22.1 Å². The zero-order valence-corrected chi connectivity index (χ0v) is 26.5. The van der Waals surface area contributed by atoms with E-state index in [1.54, 1.807) is 0 Å². The van der Waals surface area contributed by atoms with E-state index in [4.69, 9.17) is 4.42 Å². The molecule has 228 valence electrons. The molecule has 0 unspecified atom stereocenters. The van der Waals surface area contributed by atoms with E-state index in [2.05, 4.69) is 167 Å². The molecule has 0 N–H and O–H groups in total. The Bertz CT molecular complexity index is 3100. The normalized spacial score (nSPS) is 12.1. The Labute approximate surface area is 281 Å². The minimum absolute atomic E-state index is 0.915. The van der Waals surface area contributed by atoms with Gasteiger partial charge in [-0.3, -0.25) is 0 Å². The van der Waals surface area contributed by atoms with Crippen LogP contribution in [0.5, 0.6) is 0 Å². The quantitative estimate of drug-likeness (QED) is 0.192. The maximum atomic E-state index is 6.11. The number of aromatic nitrogens is 2. The molecule has 0 radical (unpaired) electrons. The molecule has 0 aliphatic carbocycles. The van der Waals surface area contributed by atoms with Gasteiger partial charge in [-0.05, 0) is 76.5 Å². The fraction of sp³-hybridized carbons (Fsp3) is 0. The average molecular weight is 625 g/mol. The third kappa shape index (κ3) is 3.78. The summed E-state index contributed by atoms with van der Waals surface area (Å²) in [6, 6.07) is 61.4. The molecule has 3 nitrogen and oxygen atoms in total. The van der Waals surface area contributed by atoms with Gasteiger partial charge in [0, 0.05) is 43.7 Å². The number of nitrogens with zero attached hydrogens (tertiary/aromatic N) is 2. The molecule has 0 fully saturated rings. The van der Waals surface area contributed by atoms with Crippen molar-refractivity contribution in [2.75, 3.05) is 0 Å². The molecule has 0 aliphatic heterocycles. The summed E-state index contributed by atoms with van der Waals surface area (Å²) in [5, 5.41) is 9.75. The van der Waals surface area contributed by atoms with Crippen molar-refractivity contribution in [1.82, 2.24) is 9.13 Å². The van der Waals surface area contributed by atoms with Crippen molar-refractivity contribution >= 4 is 76.3 Å². The van der Waals surface area contributed by atoms with Gasteiger partial charge in [0.15, 0.2) is 0 Å². The molecule has 0 saturated carbocycles. The lowest BCUT2D eigenvalue weighted by molar-refractivity contribution is 0.669. The first kappa shape index (κ1) is 26.5. The van der Waals surface area contributed by atoms with Crippen LogP contribution >= 0.6 is 0 Å². The monoisotopic (exact) mass is 624 g/mol. The number of para-hydroxylation sites is 3. The molecule has 0 amide bonds. The van der Waals surface area contributed by atoms with Crippen LogP contribution in [0, 0.1) is 0 Å². The number of hydrogen-bond acceptors (Lipinski definition) is 1. The molecular formula is C46H28N2O. The molecule has 0 bridgehead atoms. The van der Waals surface area contributed by atoms with Crippen molar-refractivity contribution in [3.05, 3.63) is 170 Å². The molecule has 11 rings (SSSR count). The molecule has 3 aromatic heterocycles. The second-order valence-corrected chi connectivity index (χ2v) is 13.0. The van der Waals surface area contributed by atoms with Crippen LogP contribution in [0.2, 0.25) is 0 Å². The van der Waals surface area contributed by atoms with Crippen molar-refractivity contribution in [3.63, 3.8) is 0 Å². The van der Waals surface area contributed by atoms with Crippen LogP contribution in [0.3, 0.4) is 0 Å². The van der Waals surface area contributed by atoms with Gasteiger partial charge in [-0.15, -0.1) is 0 Å². The van der Waals surface area contributed by atoms with Gasteiger partial charge in [-0.25, -0.2) is 0 Å². The Morgan fingerprint density at radius 1 is 0.327 bits per heavy atom. The summed E-state index contributed by atoms with van der Waals surface area (Å²) in [6.07, 6.45) is 0. The Morgan fingerprint density at radius 3 is 1.61 bits per heavy atom. The number of hydrogen-bond donors (Lipinski definition) is 0. The van der Waals surface area contributed by atoms with Crippen molar-refractivity contribution in [1.29, 1.82) is 0 Å². The van der Waals surface area contributed by atoms with E-state index >= 15 is 0 Å². The molecule has 8 aromatic carbocycles. The summed E-state index contributed by atoms with van der Waals surface area (Å²) in [6.45, 7) is 0. The van der Waals surface area contributed by atoms with E-state index in [9.17, 15) is 0 Å².